The summed E-state index contributed by atoms with van der Waals surface area (Å²) in [7, 11) is 0. The smallest absolute Gasteiger partial charge is 0.246 e. The average molecular weight is 235 g/mol. The molecule has 17 heavy (non-hydrogen) atoms. The van der Waals surface area contributed by atoms with Gasteiger partial charge in [0, 0.05) is 18.1 Å². The van der Waals surface area contributed by atoms with Crippen molar-refractivity contribution < 1.29 is 9.66 Å². The van der Waals surface area contributed by atoms with E-state index in [0.29, 0.717) is 12.2 Å². The predicted octanol–water partition coefficient (Wildman–Crippen LogP) is 3.50. The fourth-order valence-corrected chi connectivity index (χ4v) is 1.42. The zero-order valence-electron chi connectivity index (χ0n) is 10.3. The van der Waals surface area contributed by atoms with Crippen LogP contribution in [0, 0.1) is 10.1 Å². The Morgan fingerprint density at radius 1 is 1.47 bits per heavy atom. The molecule has 0 fully saturated rings. The molecule has 0 atom stereocenters. The molecule has 0 saturated carbocycles. The largest absolute Gasteiger partial charge is 0.490 e. The lowest BCUT2D eigenvalue weighted by atomic mass is 10.1. The average Bonchev–Trinajstić information content (AvgIpc) is 2.26. The van der Waals surface area contributed by atoms with Crippen molar-refractivity contribution in [3.8, 4) is 5.75 Å². The predicted molar refractivity (Wildman–Crippen MR) is 67.5 cm³/mol. The van der Waals surface area contributed by atoms with E-state index in [2.05, 4.69) is 0 Å². The van der Waals surface area contributed by atoms with Gasteiger partial charge < -0.3 is 4.74 Å². The van der Waals surface area contributed by atoms with Crippen molar-refractivity contribution in [3.63, 3.8) is 0 Å². The number of hydrogen-bond acceptors (Lipinski definition) is 3. The van der Waals surface area contributed by atoms with Gasteiger partial charge in [-0.2, -0.15) is 0 Å². The van der Waals surface area contributed by atoms with E-state index < -0.39 is 0 Å². The van der Waals surface area contributed by atoms with Gasteiger partial charge in [0.25, 0.3) is 0 Å². The van der Waals surface area contributed by atoms with Crippen LogP contribution in [0.5, 0.6) is 5.75 Å². The van der Waals surface area contributed by atoms with Crippen LogP contribution in [-0.4, -0.2) is 11.0 Å². The first-order valence-corrected chi connectivity index (χ1v) is 5.65. The molecule has 4 heteroatoms. The molecule has 0 aliphatic rings. The molecule has 0 aromatic heterocycles. The molecule has 92 valence electrons. The van der Waals surface area contributed by atoms with Gasteiger partial charge in [0.1, 0.15) is 5.75 Å². The summed E-state index contributed by atoms with van der Waals surface area (Å²) in [6.45, 7) is 5.62. The summed E-state index contributed by atoms with van der Waals surface area (Å²) < 4.78 is 5.60. The van der Waals surface area contributed by atoms with Crippen molar-refractivity contribution in [3.05, 3.63) is 45.6 Å². The summed E-state index contributed by atoms with van der Waals surface area (Å²) in [5.41, 5.74) is 0.930. The highest BCUT2D eigenvalue weighted by Crippen LogP contribution is 2.23. The highest BCUT2D eigenvalue weighted by atomic mass is 16.6. The summed E-state index contributed by atoms with van der Waals surface area (Å²) >= 11 is 0. The molecule has 0 radical (unpaired) electrons. The Balaban J connectivity index is 3.08. The van der Waals surface area contributed by atoms with Gasteiger partial charge in [0.05, 0.1) is 11.0 Å². The van der Waals surface area contributed by atoms with Crippen LogP contribution >= 0.6 is 0 Å². The van der Waals surface area contributed by atoms with Crippen molar-refractivity contribution in [2.24, 2.45) is 0 Å². The monoisotopic (exact) mass is 235 g/mol. The summed E-state index contributed by atoms with van der Waals surface area (Å²) in [4.78, 5) is 10.4. The van der Waals surface area contributed by atoms with E-state index in [1.54, 1.807) is 13.0 Å². The summed E-state index contributed by atoms with van der Waals surface area (Å²) in [5, 5.41) is 10.8. The van der Waals surface area contributed by atoms with Crippen molar-refractivity contribution in [2.45, 2.75) is 33.3 Å². The highest BCUT2D eigenvalue weighted by Gasteiger charge is 2.10. The second-order valence-corrected chi connectivity index (χ2v) is 3.95. The first-order chi connectivity index (χ1) is 8.04. The van der Waals surface area contributed by atoms with Crippen LogP contribution < -0.4 is 4.74 Å². The number of hydrogen-bond donors (Lipinski definition) is 0. The van der Waals surface area contributed by atoms with Gasteiger partial charge in [-0.15, -0.1) is 0 Å². The lowest BCUT2D eigenvalue weighted by molar-refractivity contribution is -0.425. The molecular weight excluding hydrogens is 218 g/mol. The Morgan fingerprint density at radius 3 is 2.65 bits per heavy atom. The van der Waals surface area contributed by atoms with Crippen LogP contribution in [0.4, 0.5) is 0 Å². The molecule has 0 aliphatic carbocycles. The SMILES string of the molecule is CCC(=Cc1ccccc1OC(C)C)[N+](=O)[O-]. The normalized spacial score (nSPS) is 11.6. The Morgan fingerprint density at radius 2 is 2.12 bits per heavy atom. The zero-order chi connectivity index (χ0) is 12.8. The topological polar surface area (TPSA) is 52.4 Å². The van der Waals surface area contributed by atoms with E-state index in [4.69, 9.17) is 4.74 Å². The molecule has 0 bridgehead atoms. The Labute approximate surface area is 101 Å². The molecule has 1 aromatic rings. The van der Waals surface area contributed by atoms with E-state index in [-0.39, 0.29) is 16.7 Å². The van der Waals surface area contributed by atoms with Crippen molar-refractivity contribution >= 4 is 6.08 Å². The maximum atomic E-state index is 10.8. The fourth-order valence-electron chi connectivity index (χ4n) is 1.42. The Bertz CT molecular complexity index is 424. The van der Waals surface area contributed by atoms with Gasteiger partial charge in [0.2, 0.25) is 5.70 Å². The van der Waals surface area contributed by atoms with E-state index in [1.165, 1.54) is 0 Å². The van der Waals surface area contributed by atoms with Gasteiger partial charge >= 0.3 is 0 Å². The second kappa shape index (κ2) is 6.03. The molecule has 0 aliphatic heterocycles. The van der Waals surface area contributed by atoms with E-state index in [1.807, 2.05) is 38.1 Å². The maximum Gasteiger partial charge on any atom is 0.246 e. The maximum absolute atomic E-state index is 10.8. The number of benzene rings is 1. The van der Waals surface area contributed by atoms with Gasteiger partial charge in [0.15, 0.2) is 0 Å². The third kappa shape index (κ3) is 3.90. The molecular formula is C13H17NO3. The zero-order valence-corrected chi connectivity index (χ0v) is 10.3. The third-order valence-electron chi connectivity index (χ3n) is 2.20. The molecule has 4 nitrogen and oxygen atoms in total. The van der Waals surface area contributed by atoms with E-state index in [9.17, 15) is 10.1 Å². The molecule has 0 heterocycles. The third-order valence-corrected chi connectivity index (χ3v) is 2.20. The highest BCUT2D eigenvalue weighted by molar-refractivity contribution is 5.58. The van der Waals surface area contributed by atoms with E-state index in [0.717, 1.165) is 5.56 Å². The van der Waals surface area contributed by atoms with Crippen LogP contribution in [0.3, 0.4) is 0 Å². The van der Waals surface area contributed by atoms with Crippen LogP contribution in [0.1, 0.15) is 32.8 Å². The number of ether oxygens (including phenoxy) is 1. The van der Waals surface area contributed by atoms with Crippen molar-refractivity contribution in [1.82, 2.24) is 0 Å². The van der Waals surface area contributed by atoms with Gasteiger partial charge in [-0.3, -0.25) is 10.1 Å². The molecule has 1 aromatic carbocycles. The first-order valence-electron chi connectivity index (χ1n) is 5.65. The molecule has 0 spiro atoms. The summed E-state index contributed by atoms with van der Waals surface area (Å²) in [6, 6.07) is 7.33. The summed E-state index contributed by atoms with van der Waals surface area (Å²) in [5.74, 6) is 0.676. The molecule has 0 amide bonds. The Hall–Kier alpha value is -1.84. The minimum absolute atomic E-state index is 0.0465. The quantitative estimate of drug-likeness (QED) is 0.579. The minimum Gasteiger partial charge on any atom is -0.490 e. The minimum atomic E-state index is -0.355. The number of para-hydroxylation sites is 1. The lowest BCUT2D eigenvalue weighted by Crippen LogP contribution is -2.06. The van der Waals surface area contributed by atoms with Gasteiger partial charge in [-0.1, -0.05) is 25.1 Å². The van der Waals surface area contributed by atoms with Crippen LogP contribution in [-0.2, 0) is 0 Å². The molecule has 1 rings (SSSR count). The van der Waals surface area contributed by atoms with Crippen LogP contribution in [0.15, 0.2) is 30.0 Å². The second-order valence-electron chi connectivity index (χ2n) is 3.95. The molecule has 0 saturated heterocycles. The summed E-state index contributed by atoms with van der Waals surface area (Å²) in [6.07, 6.45) is 2.01. The van der Waals surface area contributed by atoms with Gasteiger partial charge in [-0.05, 0) is 19.9 Å². The van der Waals surface area contributed by atoms with Crippen LogP contribution in [0.25, 0.3) is 6.08 Å². The fraction of sp³-hybridized carbons (Fsp3) is 0.385. The number of rotatable bonds is 5. The standard InChI is InChI=1S/C13H17NO3/c1-4-12(14(15)16)9-11-7-5-6-8-13(11)17-10(2)3/h5-10H,4H2,1-3H3. The molecule has 0 unspecified atom stereocenters. The lowest BCUT2D eigenvalue weighted by Gasteiger charge is -2.11. The number of allylic oxidation sites excluding steroid dienone is 1. The Kier molecular flexibility index (Phi) is 4.69. The number of nitrogens with zero attached hydrogens (tertiary/aromatic N) is 1. The van der Waals surface area contributed by atoms with Crippen molar-refractivity contribution in [2.75, 3.05) is 0 Å². The first kappa shape index (κ1) is 13.2. The van der Waals surface area contributed by atoms with E-state index >= 15 is 0 Å². The van der Waals surface area contributed by atoms with Crippen molar-refractivity contribution in [1.29, 1.82) is 0 Å². The number of nitro groups is 1. The molecule has 0 N–H and O–H groups in total. The van der Waals surface area contributed by atoms with Gasteiger partial charge in [-0.25, -0.2) is 0 Å². The van der Waals surface area contributed by atoms with Crippen LogP contribution in [0.2, 0.25) is 0 Å².